The summed E-state index contributed by atoms with van der Waals surface area (Å²) in [6.07, 6.45) is 0.860. The lowest BCUT2D eigenvalue weighted by Crippen LogP contribution is -2.11. The number of hydrogen-bond donors (Lipinski definition) is 2. The van der Waals surface area contributed by atoms with E-state index in [0.717, 1.165) is 16.9 Å². The van der Waals surface area contributed by atoms with E-state index >= 15 is 0 Å². The van der Waals surface area contributed by atoms with Crippen molar-refractivity contribution in [3.8, 4) is 5.75 Å². The third-order valence-electron chi connectivity index (χ3n) is 3.31. The zero-order valence-electron chi connectivity index (χ0n) is 12.6. The van der Waals surface area contributed by atoms with Crippen LogP contribution in [0.15, 0.2) is 24.3 Å². The number of aromatic hydroxyl groups is 1. The molecule has 0 aliphatic rings. The van der Waals surface area contributed by atoms with E-state index in [4.69, 9.17) is 0 Å². The predicted octanol–water partition coefficient (Wildman–Crippen LogP) is 3.36. The predicted molar refractivity (Wildman–Crippen MR) is 85.8 cm³/mol. The number of ether oxygens (including phenoxy) is 1. The molecule has 1 aromatic carbocycles. The summed E-state index contributed by atoms with van der Waals surface area (Å²) in [5.74, 6) is -1.27. The number of carbonyl (C=O) groups is 2. The highest BCUT2D eigenvalue weighted by Crippen LogP contribution is 2.29. The fourth-order valence-corrected chi connectivity index (χ4v) is 3.09. The number of methoxy groups -OCH3 is 1. The van der Waals surface area contributed by atoms with Gasteiger partial charge in [-0.15, -0.1) is 11.3 Å². The first kappa shape index (κ1) is 16.0. The number of nitrogens with one attached hydrogen (secondary N) is 1. The Morgan fingerprint density at radius 2 is 2.09 bits per heavy atom. The molecule has 5 nitrogen and oxygen atoms in total. The van der Waals surface area contributed by atoms with Crippen molar-refractivity contribution >= 4 is 28.9 Å². The van der Waals surface area contributed by atoms with Crippen molar-refractivity contribution in [2.24, 2.45) is 0 Å². The highest BCUT2D eigenvalue weighted by molar-refractivity contribution is 7.14. The van der Waals surface area contributed by atoms with E-state index in [0.29, 0.717) is 4.88 Å². The Balaban J connectivity index is 2.26. The second-order valence-electron chi connectivity index (χ2n) is 4.69. The van der Waals surface area contributed by atoms with E-state index < -0.39 is 5.97 Å². The first-order valence-corrected chi connectivity index (χ1v) is 7.60. The molecule has 0 saturated heterocycles. The van der Waals surface area contributed by atoms with E-state index in [1.165, 1.54) is 30.6 Å². The van der Waals surface area contributed by atoms with Crippen LogP contribution in [0.4, 0.5) is 5.69 Å². The van der Waals surface area contributed by atoms with Crippen LogP contribution in [-0.2, 0) is 11.2 Å². The summed E-state index contributed by atoms with van der Waals surface area (Å²) < 4.78 is 4.59. The third kappa shape index (κ3) is 3.12. The number of phenolic OH excluding ortho intramolecular Hbond substituents is 1. The average Bonchev–Trinajstić information content (AvgIpc) is 2.89. The van der Waals surface area contributed by atoms with Gasteiger partial charge in [0.1, 0.15) is 5.56 Å². The molecule has 22 heavy (non-hydrogen) atoms. The molecular weight excluding hydrogens is 302 g/mol. The van der Waals surface area contributed by atoms with Gasteiger partial charge in [-0.2, -0.15) is 0 Å². The quantitative estimate of drug-likeness (QED) is 0.669. The Hall–Kier alpha value is -2.34. The largest absolute Gasteiger partial charge is 0.505 e. The Morgan fingerprint density at radius 3 is 2.68 bits per heavy atom. The van der Waals surface area contributed by atoms with Gasteiger partial charge in [-0.1, -0.05) is 13.0 Å². The molecule has 0 unspecified atom stereocenters. The van der Waals surface area contributed by atoms with E-state index in [-0.39, 0.29) is 22.9 Å². The molecule has 116 valence electrons. The summed E-state index contributed by atoms with van der Waals surface area (Å²) in [6.45, 7) is 4.00. The van der Waals surface area contributed by atoms with Gasteiger partial charge in [-0.05, 0) is 37.1 Å². The number of hydrogen-bond acceptors (Lipinski definition) is 5. The number of aryl methyl sites for hydroxylation is 2. The van der Waals surface area contributed by atoms with E-state index in [1.54, 1.807) is 6.07 Å². The zero-order chi connectivity index (χ0) is 16.3. The lowest BCUT2D eigenvalue weighted by Gasteiger charge is -2.09. The molecule has 2 aromatic rings. The molecule has 0 bridgehead atoms. The molecule has 1 heterocycles. The second-order valence-corrected chi connectivity index (χ2v) is 5.95. The van der Waals surface area contributed by atoms with Gasteiger partial charge in [0.05, 0.1) is 17.7 Å². The van der Waals surface area contributed by atoms with Crippen molar-refractivity contribution in [2.75, 3.05) is 12.4 Å². The van der Waals surface area contributed by atoms with Crippen LogP contribution in [0, 0.1) is 6.92 Å². The average molecular weight is 319 g/mol. The van der Waals surface area contributed by atoms with Gasteiger partial charge >= 0.3 is 5.97 Å². The molecule has 1 aromatic heterocycles. The van der Waals surface area contributed by atoms with Crippen LogP contribution in [-0.4, -0.2) is 24.1 Å². The minimum absolute atomic E-state index is 0.0110. The molecule has 0 radical (unpaired) electrons. The number of carbonyl (C=O) groups excluding carboxylic acids is 2. The van der Waals surface area contributed by atoms with E-state index in [2.05, 4.69) is 10.1 Å². The summed E-state index contributed by atoms with van der Waals surface area (Å²) in [7, 11) is 1.23. The van der Waals surface area contributed by atoms with Crippen LogP contribution in [0.1, 0.15) is 37.4 Å². The van der Waals surface area contributed by atoms with Crippen molar-refractivity contribution in [1.82, 2.24) is 0 Å². The van der Waals surface area contributed by atoms with Crippen molar-refractivity contribution in [3.05, 3.63) is 45.1 Å². The number of anilines is 1. The molecule has 0 spiro atoms. The molecule has 2 rings (SSSR count). The minimum Gasteiger partial charge on any atom is -0.505 e. The lowest BCUT2D eigenvalue weighted by atomic mass is 10.1. The minimum atomic E-state index is -0.658. The summed E-state index contributed by atoms with van der Waals surface area (Å²) in [5.41, 5.74) is 1.32. The Morgan fingerprint density at radius 1 is 1.36 bits per heavy atom. The fourth-order valence-electron chi connectivity index (χ4n) is 2.09. The molecule has 2 N–H and O–H groups in total. The molecule has 0 fully saturated rings. The van der Waals surface area contributed by atoms with Crippen LogP contribution in [0.2, 0.25) is 0 Å². The van der Waals surface area contributed by atoms with Gasteiger partial charge in [0.2, 0.25) is 0 Å². The van der Waals surface area contributed by atoms with Crippen LogP contribution < -0.4 is 5.32 Å². The van der Waals surface area contributed by atoms with Crippen molar-refractivity contribution in [3.63, 3.8) is 0 Å². The molecule has 0 aliphatic carbocycles. The van der Waals surface area contributed by atoms with Crippen molar-refractivity contribution in [2.45, 2.75) is 20.3 Å². The maximum absolute atomic E-state index is 12.3. The normalized spacial score (nSPS) is 10.3. The molecule has 0 saturated carbocycles. The second kappa shape index (κ2) is 6.62. The number of phenols is 1. The first-order chi connectivity index (χ1) is 10.5. The zero-order valence-corrected chi connectivity index (χ0v) is 13.4. The summed E-state index contributed by atoms with van der Waals surface area (Å²) in [5, 5.41) is 12.7. The van der Waals surface area contributed by atoms with Gasteiger partial charge in [0.15, 0.2) is 5.75 Å². The van der Waals surface area contributed by atoms with Crippen LogP contribution >= 0.6 is 11.3 Å². The summed E-state index contributed by atoms with van der Waals surface area (Å²) in [4.78, 5) is 25.5. The SMILES string of the molecule is CCc1cc(C(=O)Nc2cccc(C(=O)OC)c2O)sc1C. The summed E-state index contributed by atoms with van der Waals surface area (Å²) in [6, 6.07) is 6.37. The maximum atomic E-state index is 12.3. The first-order valence-electron chi connectivity index (χ1n) is 6.78. The maximum Gasteiger partial charge on any atom is 0.341 e. The number of rotatable bonds is 4. The van der Waals surface area contributed by atoms with Crippen LogP contribution in [0.5, 0.6) is 5.75 Å². The monoisotopic (exact) mass is 319 g/mol. The highest BCUT2D eigenvalue weighted by atomic mass is 32.1. The third-order valence-corrected chi connectivity index (χ3v) is 4.41. The smallest absolute Gasteiger partial charge is 0.341 e. The van der Waals surface area contributed by atoms with Crippen LogP contribution in [0.25, 0.3) is 0 Å². The lowest BCUT2D eigenvalue weighted by molar-refractivity contribution is 0.0597. The number of esters is 1. The molecule has 1 amide bonds. The molecule has 6 heteroatoms. The number of benzene rings is 1. The number of thiophene rings is 1. The van der Waals surface area contributed by atoms with Gasteiger partial charge in [-0.3, -0.25) is 4.79 Å². The summed E-state index contributed by atoms with van der Waals surface area (Å²) >= 11 is 1.40. The van der Waals surface area contributed by atoms with Gasteiger partial charge in [0.25, 0.3) is 5.91 Å². The molecular formula is C16H17NO4S. The number of para-hydroxylation sites is 1. The van der Waals surface area contributed by atoms with Gasteiger partial charge < -0.3 is 15.2 Å². The fraction of sp³-hybridized carbons (Fsp3) is 0.250. The van der Waals surface area contributed by atoms with Gasteiger partial charge in [0, 0.05) is 4.88 Å². The van der Waals surface area contributed by atoms with Crippen LogP contribution in [0.3, 0.4) is 0 Å². The van der Waals surface area contributed by atoms with Gasteiger partial charge in [-0.25, -0.2) is 4.79 Å². The topological polar surface area (TPSA) is 75.6 Å². The molecule has 0 atom stereocenters. The Labute approximate surface area is 132 Å². The van der Waals surface area contributed by atoms with E-state index in [1.807, 2.05) is 19.9 Å². The van der Waals surface area contributed by atoms with Crippen molar-refractivity contribution < 1.29 is 19.4 Å². The van der Waals surface area contributed by atoms with Crippen molar-refractivity contribution in [1.29, 1.82) is 0 Å². The molecule has 0 aliphatic heterocycles. The van der Waals surface area contributed by atoms with E-state index in [9.17, 15) is 14.7 Å². The highest BCUT2D eigenvalue weighted by Gasteiger charge is 2.18. The standard InChI is InChI=1S/C16H17NO4S/c1-4-10-8-13(22-9(10)2)15(19)17-12-7-5-6-11(14(12)18)16(20)21-3/h5-8,18H,4H2,1-3H3,(H,17,19). The number of amides is 1. The Bertz CT molecular complexity index is 721. The Kier molecular flexibility index (Phi) is 4.82.